The summed E-state index contributed by atoms with van der Waals surface area (Å²) in [5.41, 5.74) is 2.14. The molecule has 0 aliphatic heterocycles. The third-order valence-corrected chi connectivity index (χ3v) is 4.36. The van der Waals surface area contributed by atoms with Gasteiger partial charge in [-0.25, -0.2) is 0 Å². The number of ketones is 1. The molecule has 0 saturated carbocycles. The Balaban J connectivity index is 2.08. The summed E-state index contributed by atoms with van der Waals surface area (Å²) in [6, 6.07) is 5.25. The van der Waals surface area contributed by atoms with Crippen molar-refractivity contribution in [1.82, 2.24) is 0 Å². The minimum Gasteiger partial charge on any atom is -0.390 e. The van der Waals surface area contributed by atoms with E-state index in [-0.39, 0.29) is 10.9 Å². The van der Waals surface area contributed by atoms with E-state index < -0.39 is 12.2 Å². The highest BCUT2D eigenvalue weighted by Crippen LogP contribution is 2.31. The zero-order valence-electron chi connectivity index (χ0n) is 11.3. The van der Waals surface area contributed by atoms with E-state index in [1.807, 2.05) is 0 Å². The monoisotopic (exact) mass is 294 g/mol. The SMILES string of the molecule is CC(=O)SCCC(O)C(O)c1cccc2c1CCC2=O. The fourth-order valence-electron chi connectivity index (χ4n) is 2.48. The van der Waals surface area contributed by atoms with Crippen molar-refractivity contribution in [2.45, 2.75) is 38.4 Å². The summed E-state index contributed by atoms with van der Waals surface area (Å²) in [5, 5.41) is 20.3. The van der Waals surface area contributed by atoms with Crippen molar-refractivity contribution in [2.75, 3.05) is 5.75 Å². The molecule has 2 atom stereocenters. The molecule has 0 heterocycles. The predicted octanol–water partition coefficient (Wildman–Crippen LogP) is 1.88. The van der Waals surface area contributed by atoms with Gasteiger partial charge in [-0.05, 0) is 24.0 Å². The van der Waals surface area contributed by atoms with E-state index in [0.29, 0.717) is 36.1 Å². The summed E-state index contributed by atoms with van der Waals surface area (Å²) in [6.07, 6.45) is -0.512. The van der Waals surface area contributed by atoms with Crippen molar-refractivity contribution in [3.8, 4) is 0 Å². The van der Waals surface area contributed by atoms with Crippen LogP contribution in [-0.4, -0.2) is 33.0 Å². The van der Waals surface area contributed by atoms with Crippen LogP contribution in [0.4, 0.5) is 0 Å². The summed E-state index contributed by atoms with van der Waals surface area (Å²) >= 11 is 1.13. The van der Waals surface area contributed by atoms with Gasteiger partial charge in [0.15, 0.2) is 10.9 Å². The van der Waals surface area contributed by atoms with Gasteiger partial charge in [-0.3, -0.25) is 9.59 Å². The standard InChI is InChI=1S/C15H18O4S/c1-9(16)20-8-7-14(18)15(19)12-4-2-3-11-10(12)5-6-13(11)17/h2-4,14-15,18-19H,5-8H2,1H3. The lowest BCUT2D eigenvalue weighted by Crippen LogP contribution is -2.20. The average Bonchev–Trinajstić information content (AvgIpc) is 2.79. The van der Waals surface area contributed by atoms with Gasteiger partial charge in [0, 0.05) is 24.7 Å². The topological polar surface area (TPSA) is 74.6 Å². The van der Waals surface area contributed by atoms with Gasteiger partial charge in [-0.1, -0.05) is 30.0 Å². The second kappa shape index (κ2) is 6.52. The van der Waals surface area contributed by atoms with Crippen LogP contribution in [0, 0.1) is 0 Å². The largest absolute Gasteiger partial charge is 0.390 e. The van der Waals surface area contributed by atoms with Crippen molar-refractivity contribution in [3.05, 3.63) is 34.9 Å². The third-order valence-electron chi connectivity index (χ3n) is 3.52. The van der Waals surface area contributed by atoms with Crippen molar-refractivity contribution < 1.29 is 19.8 Å². The summed E-state index contributed by atoms with van der Waals surface area (Å²) in [5.74, 6) is 0.567. The second-order valence-corrected chi connectivity index (χ2v) is 6.21. The van der Waals surface area contributed by atoms with Gasteiger partial charge in [0.05, 0.1) is 6.10 Å². The molecule has 1 aliphatic carbocycles. The quantitative estimate of drug-likeness (QED) is 0.867. The normalized spacial score (nSPS) is 16.9. The van der Waals surface area contributed by atoms with E-state index in [2.05, 4.69) is 0 Å². The molecule has 2 rings (SSSR count). The summed E-state index contributed by atoms with van der Waals surface area (Å²) < 4.78 is 0. The lowest BCUT2D eigenvalue weighted by molar-refractivity contribution is -0.109. The van der Waals surface area contributed by atoms with E-state index in [4.69, 9.17) is 0 Å². The smallest absolute Gasteiger partial charge is 0.185 e. The number of carbonyl (C=O) groups is 2. The molecule has 1 aromatic carbocycles. The number of carbonyl (C=O) groups excluding carboxylic acids is 2. The minimum absolute atomic E-state index is 0.00195. The lowest BCUT2D eigenvalue weighted by Gasteiger charge is -2.20. The molecule has 0 fully saturated rings. The van der Waals surface area contributed by atoms with Crippen LogP contribution < -0.4 is 0 Å². The zero-order chi connectivity index (χ0) is 14.7. The van der Waals surface area contributed by atoms with Crippen LogP contribution in [0.1, 0.15) is 47.4 Å². The third kappa shape index (κ3) is 3.29. The fraction of sp³-hybridized carbons (Fsp3) is 0.467. The van der Waals surface area contributed by atoms with E-state index >= 15 is 0 Å². The number of aliphatic hydroxyl groups excluding tert-OH is 2. The highest BCUT2D eigenvalue weighted by Gasteiger charge is 2.27. The first-order valence-electron chi connectivity index (χ1n) is 6.65. The molecule has 0 saturated heterocycles. The Morgan fingerprint density at radius 3 is 2.80 bits per heavy atom. The number of rotatable bonds is 5. The maximum absolute atomic E-state index is 11.7. The van der Waals surface area contributed by atoms with Gasteiger partial charge in [0.1, 0.15) is 6.10 Å². The molecule has 4 nitrogen and oxygen atoms in total. The highest BCUT2D eigenvalue weighted by atomic mass is 32.2. The first kappa shape index (κ1) is 15.2. The Bertz CT molecular complexity index is 527. The van der Waals surface area contributed by atoms with Gasteiger partial charge in [-0.15, -0.1) is 0 Å². The first-order chi connectivity index (χ1) is 9.50. The summed E-state index contributed by atoms with van der Waals surface area (Å²) in [7, 11) is 0. The zero-order valence-corrected chi connectivity index (χ0v) is 12.2. The van der Waals surface area contributed by atoms with Crippen LogP contribution in [0.5, 0.6) is 0 Å². The van der Waals surface area contributed by atoms with Crippen LogP contribution in [0.25, 0.3) is 0 Å². The maximum Gasteiger partial charge on any atom is 0.185 e. The van der Waals surface area contributed by atoms with Gasteiger partial charge in [0.2, 0.25) is 0 Å². The molecule has 0 aromatic heterocycles. The molecule has 108 valence electrons. The van der Waals surface area contributed by atoms with Gasteiger partial charge >= 0.3 is 0 Å². The highest BCUT2D eigenvalue weighted by molar-refractivity contribution is 8.13. The van der Waals surface area contributed by atoms with Crippen LogP contribution >= 0.6 is 11.8 Å². The van der Waals surface area contributed by atoms with Crippen molar-refractivity contribution >= 4 is 22.7 Å². The molecule has 2 unspecified atom stereocenters. The van der Waals surface area contributed by atoms with Crippen LogP contribution in [0.15, 0.2) is 18.2 Å². The molecular weight excluding hydrogens is 276 g/mol. The van der Waals surface area contributed by atoms with Gasteiger partial charge in [-0.2, -0.15) is 0 Å². The van der Waals surface area contributed by atoms with E-state index in [9.17, 15) is 19.8 Å². The number of aliphatic hydroxyl groups is 2. The lowest BCUT2D eigenvalue weighted by atomic mass is 9.95. The molecule has 1 aliphatic rings. The average molecular weight is 294 g/mol. The number of hydrogen-bond acceptors (Lipinski definition) is 5. The summed E-state index contributed by atoms with van der Waals surface area (Å²) in [4.78, 5) is 22.5. The van der Waals surface area contributed by atoms with Crippen molar-refractivity contribution in [1.29, 1.82) is 0 Å². The van der Waals surface area contributed by atoms with Crippen LogP contribution in [0.3, 0.4) is 0 Å². The van der Waals surface area contributed by atoms with Crippen molar-refractivity contribution in [2.24, 2.45) is 0 Å². The molecule has 20 heavy (non-hydrogen) atoms. The van der Waals surface area contributed by atoms with E-state index in [1.54, 1.807) is 18.2 Å². The Kier molecular flexibility index (Phi) is 4.96. The predicted molar refractivity (Wildman–Crippen MR) is 77.8 cm³/mol. The van der Waals surface area contributed by atoms with E-state index in [1.165, 1.54) is 6.92 Å². The number of benzene rings is 1. The molecule has 0 radical (unpaired) electrons. The molecular formula is C15H18O4S. The fourth-order valence-corrected chi connectivity index (χ4v) is 3.13. The molecule has 2 N–H and O–H groups in total. The van der Waals surface area contributed by atoms with Crippen molar-refractivity contribution in [3.63, 3.8) is 0 Å². The second-order valence-electron chi connectivity index (χ2n) is 4.94. The number of fused-ring (bicyclic) bond motifs is 1. The Hall–Kier alpha value is -1.17. The van der Waals surface area contributed by atoms with E-state index in [0.717, 1.165) is 17.3 Å². The Morgan fingerprint density at radius 1 is 1.35 bits per heavy atom. The Labute approximate surface area is 122 Å². The Morgan fingerprint density at radius 2 is 2.10 bits per heavy atom. The van der Waals surface area contributed by atoms with Gasteiger partial charge in [0.25, 0.3) is 0 Å². The molecule has 5 heteroatoms. The maximum atomic E-state index is 11.7. The van der Waals surface area contributed by atoms with Crippen LogP contribution in [-0.2, 0) is 11.2 Å². The first-order valence-corrected chi connectivity index (χ1v) is 7.63. The molecule has 0 amide bonds. The molecule has 1 aromatic rings. The number of thioether (sulfide) groups is 1. The minimum atomic E-state index is -1.01. The number of Topliss-reactive ketones (excluding diaryl/α,β-unsaturated/α-hetero) is 1. The molecule has 0 spiro atoms. The molecule has 0 bridgehead atoms. The number of hydrogen-bond donors (Lipinski definition) is 2. The van der Waals surface area contributed by atoms with Crippen LogP contribution in [0.2, 0.25) is 0 Å². The van der Waals surface area contributed by atoms with Gasteiger partial charge < -0.3 is 10.2 Å². The summed E-state index contributed by atoms with van der Waals surface area (Å²) in [6.45, 7) is 1.48.